The third kappa shape index (κ3) is 4.63. The predicted octanol–water partition coefficient (Wildman–Crippen LogP) is 3.91. The molecule has 5 heteroatoms. The van der Waals surface area contributed by atoms with Crippen molar-refractivity contribution in [3.63, 3.8) is 0 Å². The van der Waals surface area contributed by atoms with Gasteiger partial charge in [-0.1, -0.05) is 36.4 Å². The van der Waals surface area contributed by atoms with Gasteiger partial charge in [0.15, 0.2) is 0 Å². The molecule has 1 aliphatic heterocycles. The lowest BCUT2D eigenvalue weighted by Crippen LogP contribution is -2.35. The molecule has 2 N–H and O–H groups in total. The Morgan fingerprint density at radius 3 is 2.21 bits per heavy atom. The number of amides is 1. The maximum atomic E-state index is 12.5. The molecule has 0 saturated carbocycles. The van der Waals surface area contributed by atoms with Gasteiger partial charge in [0.2, 0.25) is 0 Å². The minimum absolute atomic E-state index is 0.0477. The zero-order chi connectivity index (χ0) is 20.2. The van der Waals surface area contributed by atoms with Gasteiger partial charge in [0.25, 0.3) is 5.91 Å². The third-order valence-electron chi connectivity index (χ3n) is 5.44. The number of carbonyl (C=O) groups is 2. The molecule has 0 spiro atoms. The van der Waals surface area contributed by atoms with Crippen LogP contribution in [0, 0.1) is 0 Å². The first kappa shape index (κ1) is 19.2. The summed E-state index contributed by atoms with van der Waals surface area (Å²) in [6.45, 7) is 2.70. The predicted molar refractivity (Wildman–Crippen MR) is 113 cm³/mol. The van der Waals surface area contributed by atoms with Gasteiger partial charge in [-0.05, 0) is 78.5 Å². The van der Waals surface area contributed by atoms with Crippen LogP contribution in [0.15, 0.2) is 60.7 Å². The second-order valence-corrected chi connectivity index (χ2v) is 7.56. The van der Waals surface area contributed by atoms with Crippen molar-refractivity contribution in [1.82, 2.24) is 10.2 Å². The van der Waals surface area contributed by atoms with Crippen LogP contribution in [0.5, 0.6) is 0 Å². The summed E-state index contributed by atoms with van der Waals surface area (Å²) >= 11 is 0. The highest BCUT2D eigenvalue weighted by Crippen LogP contribution is 2.20. The van der Waals surface area contributed by atoms with Crippen molar-refractivity contribution in [2.75, 3.05) is 19.8 Å². The van der Waals surface area contributed by atoms with Gasteiger partial charge in [-0.2, -0.15) is 0 Å². The molecular formula is C24H24N2O3. The Balaban J connectivity index is 1.48. The van der Waals surface area contributed by atoms with E-state index in [9.17, 15) is 9.59 Å². The van der Waals surface area contributed by atoms with Gasteiger partial charge < -0.3 is 10.4 Å². The normalized spacial score (nSPS) is 14.2. The van der Waals surface area contributed by atoms with E-state index >= 15 is 0 Å². The van der Waals surface area contributed by atoms with E-state index in [1.54, 1.807) is 12.1 Å². The highest BCUT2D eigenvalue weighted by molar-refractivity contribution is 5.98. The standard InChI is InChI=1S/C24H24N2O3/c27-23(25-16-26-11-1-2-12-26)21-10-9-19-6-5-18(14-22(19)15-21)13-17-3-7-20(8-4-17)24(28)29/h3-10,14-15H,1-2,11-13,16H2,(H,25,27)(H,28,29). The third-order valence-corrected chi connectivity index (χ3v) is 5.44. The van der Waals surface area contributed by atoms with E-state index in [0.29, 0.717) is 18.7 Å². The average Bonchev–Trinajstić information content (AvgIpc) is 3.25. The molecule has 0 atom stereocenters. The van der Waals surface area contributed by atoms with Gasteiger partial charge >= 0.3 is 5.97 Å². The molecule has 29 heavy (non-hydrogen) atoms. The van der Waals surface area contributed by atoms with Crippen molar-refractivity contribution >= 4 is 22.6 Å². The molecule has 1 saturated heterocycles. The number of benzene rings is 3. The van der Waals surface area contributed by atoms with E-state index in [0.717, 1.165) is 35.0 Å². The summed E-state index contributed by atoms with van der Waals surface area (Å²) in [7, 11) is 0. The quantitative estimate of drug-likeness (QED) is 0.672. The highest BCUT2D eigenvalue weighted by atomic mass is 16.4. The van der Waals surface area contributed by atoms with Gasteiger partial charge in [0.1, 0.15) is 0 Å². The summed E-state index contributed by atoms with van der Waals surface area (Å²) in [5, 5.41) is 14.1. The molecule has 1 heterocycles. The van der Waals surface area contributed by atoms with Crippen molar-refractivity contribution in [1.29, 1.82) is 0 Å². The molecule has 3 aromatic rings. The smallest absolute Gasteiger partial charge is 0.335 e. The Bertz CT molecular complexity index is 1040. The molecule has 4 rings (SSSR count). The maximum Gasteiger partial charge on any atom is 0.335 e. The Morgan fingerprint density at radius 1 is 0.828 bits per heavy atom. The molecule has 0 aliphatic carbocycles. The number of carboxylic acid groups (broad SMARTS) is 1. The fourth-order valence-corrected chi connectivity index (χ4v) is 3.77. The molecular weight excluding hydrogens is 364 g/mol. The second kappa shape index (κ2) is 8.45. The molecule has 1 amide bonds. The Kier molecular flexibility index (Phi) is 5.58. The number of likely N-dealkylation sites (tertiary alicyclic amines) is 1. The zero-order valence-electron chi connectivity index (χ0n) is 16.2. The van der Waals surface area contributed by atoms with Crippen LogP contribution in [0.2, 0.25) is 0 Å². The lowest BCUT2D eigenvalue weighted by Gasteiger charge is -2.15. The first-order valence-electron chi connectivity index (χ1n) is 9.94. The highest BCUT2D eigenvalue weighted by Gasteiger charge is 2.13. The van der Waals surface area contributed by atoms with Crippen LogP contribution in [-0.2, 0) is 6.42 Å². The maximum absolute atomic E-state index is 12.5. The van der Waals surface area contributed by atoms with E-state index in [2.05, 4.69) is 28.4 Å². The zero-order valence-corrected chi connectivity index (χ0v) is 16.2. The van der Waals surface area contributed by atoms with Crippen LogP contribution in [0.4, 0.5) is 0 Å². The summed E-state index contributed by atoms with van der Waals surface area (Å²) in [6.07, 6.45) is 3.11. The molecule has 3 aromatic carbocycles. The minimum atomic E-state index is -0.919. The lowest BCUT2D eigenvalue weighted by molar-refractivity contribution is 0.0696. The monoisotopic (exact) mass is 388 g/mol. The average molecular weight is 388 g/mol. The largest absolute Gasteiger partial charge is 0.478 e. The van der Waals surface area contributed by atoms with E-state index in [4.69, 9.17) is 5.11 Å². The molecule has 0 radical (unpaired) electrons. The number of carboxylic acids is 1. The SMILES string of the molecule is O=C(O)c1ccc(Cc2ccc3ccc(C(=O)NCN4CCCC4)cc3c2)cc1. The topological polar surface area (TPSA) is 69.6 Å². The molecule has 148 valence electrons. The number of nitrogens with one attached hydrogen (secondary N) is 1. The van der Waals surface area contributed by atoms with Gasteiger partial charge in [-0.25, -0.2) is 4.79 Å². The first-order valence-corrected chi connectivity index (χ1v) is 9.94. The Morgan fingerprint density at radius 2 is 1.48 bits per heavy atom. The first-order chi connectivity index (χ1) is 14.1. The second-order valence-electron chi connectivity index (χ2n) is 7.56. The number of rotatable bonds is 6. The molecule has 0 aromatic heterocycles. The number of hydrogen-bond donors (Lipinski definition) is 2. The van der Waals surface area contributed by atoms with E-state index in [1.165, 1.54) is 12.8 Å². The van der Waals surface area contributed by atoms with Gasteiger partial charge in [-0.3, -0.25) is 9.69 Å². The molecule has 1 aliphatic rings. The van der Waals surface area contributed by atoms with Crippen molar-refractivity contribution in [3.05, 3.63) is 82.9 Å². The lowest BCUT2D eigenvalue weighted by atomic mass is 9.99. The Labute approximate surface area is 170 Å². The summed E-state index contributed by atoms with van der Waals surface area (Å²) in [4.78, 5) is 25.8. The summed E-state index contributed by atoms with van der Waals surface area (Å²) in [5.41, 5.74) is 3.13. The van der Waals surface area contributed by atoms with Crippen molar-refractivity contribution in [3.8, 4) is 0 Å². The number of carbonyl (C=O) groups excluding carboxylic acids is 1. The summed E-state index contributed by atoms with van der Waals surface area (Å²) < 4.78 is 0. The fraction of sp³-hybridized carbons (Fsp3) is 0.250. The van der Waals surface area contributed by atoms with Crippen molar-refractivity contribution in [2.45, 2.75) is 19.3 Å². The number of hydrogen-bond acceptors (Lipinski definition) is 3. The van der Waals surface area contributed by atoms with Crippen LogP contribution in [0.25, 0.3) is 10.8 Å². The number of nitrogens with zero attached hydrogens (tertiary/aromatic N) is 1. The van der Waals surface area contributed by atoms with Crippen LogP contribution in [0.1, 0.15) is 44.7 Å². The van der Waals surface area contributed by atoms with Crippen LogP contribution in [0.3, 0.4) is 0 Å². The van der Waals surface area contributed by atoms with Gasteiger partial charge in [0.05, 0.1) is 12.2 Å². The van der Waals surface area contributed by atoms with Crippen LogP contribution >= 0.6 is 0 Å². The molecule has 5 nitrogen and oxygen atoms in total. The van der Waals surface area contributed by atoms with Gasteiger partial charge in [0, 0.05) is 5.56 Å². The van der Waals surface area contributed by atoms with Crippen molar-refractivity contribution in [2.24, 2.45) is 0 Å². The van der Waals surface area contributed by atoms with E-state index in [-0.39, 0.29) is 11.5 Å². The number of aromatic carboxylic acids is 1. The molecule has 0 bridgehead atoms. The van der Waals surface area contributed by atoms with Crippen molar-refractivity contribution < 1.29 is 14.7 Å². The van der Waals surface area contributed by atoms with E-state index < -0.39 is 5.97 Å². The van der Waals surface area contributed by atoms with Crippen LogP contribution < -0.4 is 5.32 Å². The summed E-state index contributed by atoms with van der Waals surface area (Å²) in [5.74, 6) is -0.966. The molecule has 0 unspecified atom stereocenters. The molecule has 1 fully saturated rings. The minimum Gasteiger partial charge on any atom is -0.478 e. The van der Waals surface area contributed by atoms with E-state index in [1.807, 2.05) is 30.3 Å². The fourth-order valence-electron chi connectivity index (χ4n) is 3.77. The van der Waals surface area contributed by atoms with Gasteiger partial charge in [-0.15, -0.1) is 0 Å². The Hall–Kier alpha value is -3.18. The van der Waals surface area contributed by atoms with Crippen LogP contribution in [-0.4, -0.2) is 41.6 Å². The summed E-state index contributed by atoms with van der Waals surface area (Å²) in [6, 6.07) is 18.9. The number of fused-ring (bicyclic) bond motifs is 1.